The number of aliphatic hydroxyl groups excluding tert-OH is 1. The smallest absolute Gasteiger partial charge is 0.295 e. The van der Waals surface area contributed by atoms with Gasteiger partial charge in [0.25, 0.3) is 11.7 Å². The predicted molar refractivity (Wildman–Crippen MR) is 120 cm³/mol. The summed E-state index contributed by atoms with van der Waals surface area (Å²) in [4.78, 5) is 29.4. The van der Waals surface area contributed by atoms with Crippen molar-refractivity contribution >= 4 is 17.4 Å². The van der Waals surface area contributed by atoms with Gasteiger partial charge in [-0.1, -0.05) is 6.07 Å². The third-order valence-corrected chi connectivity index (χ3v) is 5.52. The number of amides is 1. The number of likely N-dealkylation sites (N-methyl/N-ethyl adjacent to an activating group) is 1. The fourth-order valence-electron chi connectivity index (χ4n) is 3.81. The molecule has 32 heavy (non-hydrogen) atoms. The van der Waals surface area contributed by atoms with Crippen molar-refractivity contribution in [1.29, 1.82) is 0 Å². The number of carbonyl (C=O) groups excluding carboxylic acids is 2. The summed E-state index contributed by atoms with van der Waals surface area (Å²) in [5.74, 6) is -0.915. The second kappa shape index (κ2) is 9.32. The van der Waals surface area contributed by atoms with Crippen LogP contribution in [0.3, 0.4) is 0 Å². The number of hydrogen-bond acceptors (Lipinski definition) is 7. The van der Waals surface area contributed by atoms with Crippen LogP contribution in [0.15, 0.2) is 42.0 Å². The van der Waals surface area contributed by atoms with Gasteiger partial charge in [-0.25, -0.2) is 0 Å². The molecule has 8 nitrogen and oxygen atoms in total. The number of methoxy groups -OCH3 is 2. The molecular formula is C24H28N2O6. The first kappa shape index (κ1) is 23.1. The summed E-state index contributed by atoms with van der Waals surface area (Å²) in [6, 6.07) is 8.85. The second-order valence-electron chi connectivity index (χ2n) is 7.91. The Balaban J connectivity index is 2.19. The highest BCUT2D eigenvalue weighted by molar-refractivity contribution is 6.46. The molecule has 1 fully saturated rings. The maximum absolute atomic E-state index is 13.1. The van der Waals surface area contributed by atoms with Crippen molar-refractivity contribution in [3.05, 3.63) is 58.7 Å². The van der Waals surface area contributed by atoms with Gasteiger partial charge in [0.1, 0.15) is 11.5 Å². The summed E-state index contributed by atoms with van der Waals surface area (Å²) in [7, 11) is 6.71. The van der Waals surface area contributed by atoms with Gasteiger partial charge in [-0.3, -0.25) is 9.59 Å². The monoisotopic (exact) mass is 440 g/mol. The molecule has 1 atom stereocenters. The molecule has 1 aliphatic heterocycles. The molecule has 2 aromatic carbocycles. The maximum atomic E-state index is 13.1. The molecule has 2 aromatic rings. The van der Waals surface area contributed by atoms with Crippen molar-refractivity contribution < 1.29 is 29.3 Å². The fourth-order valence-corrected chi connectivity index (χ4v) is 3.81. The standard InChI is InChI=1S/C24H28N2O6/c1-14-12-16(7-9-18(14)31-4)22(28)20-21(15-6-8-17(27)19(13-15)32-5)26(11-10-25(2)3)24(30)23(20)29/h6-9,12-13,21,27-28H,10-11H2,1-5H3/t21-/m0/s1. The molecule has 1 heterocycles. The highest BCUT2D eigenvalue weighted by Gasteiger charge is 2.46. The Labute approximate surface area is 187 Å². The number of nitrogens with zero attached hydrogens (tertiary/aromatic N) is 2. The zero-order chi connectivity index (χ0) is 23.6. The molecule has 1 aliphatic rings. The number of likely N-dealkylation sites (tertiary alicyclic amines) is 1. The van der Waals surface area contributed by atoms with Gasteiger partial charge < -0.3 is 29.5 Å². The molecule has 0 spiro atoms. The van der Waals surface area contributed by atoms with Crippen LogP contribution in [0.25, 0.3) is 5.76 Å². The molecule has 2 N–H and O–H groups in total. The summed E-state index contributed by atoms with van der Waals surface area (Å²) in [6.07, 6.45) is 0. The number of carbonyl (C=O) groups is 2. The third kappa shape index (κ3) is 4.27. The van der Waals surface area contributed by atoms with Crippen molar-refractivity contribution in [3.63, 3.8) is 0 Å². The van der Waals surface area contributed by atoms with E-state index in [9.17, 15) is 19.8 Å². The van der Waals surface area contributed by atoms with Crippen LogP contribution in [0.4, 0.5) is 0 Å². The third-order valence-electron chi connectivity index (χ3n) is 5.52. The molecule has 1 saturated heterocycles. The highest BCUT2D eigenvalue weighted by Crippen LogP contribution is 2.41. The topological polar surface area (TPSA) is 99.5 Å². The minimum absolute atomic E-state index is 0.00827. The van der Waals surface area contributed by atoms with Crippen LogP contribution in [-0.2, 0) is 9.59 Å². The quantitative estimate of drug-likeness (QED) is 0.388. The Morgan fingerprint density at radius 1 is 1.06 bits per heavy atom. The molecule has 1 amide bonds. The number of Topliss-reactive ketones (excluding diaryl/α,β-unsaturated/α-hetero) is 1. The Hall–Kier alpha value is -3.52. The van der Waals surface area contributed by atoms with Gasteiger partial charge in [-0.2, -0.15) is 0 Å². The Morgan fingerprint density at radius 3 is 2.34 bits per heavy atom. The molecule has 0 unspecified atom stereocenters. The number of ether oxygens (including phenoxy) is 2. The lowest BCUT2D eigenvalue weighted by Gasteiger charge is -2.27. The zero-order valence-corrected chi connectivity index (χ0v) is 18.9. The van der Waals surface area contributed by atoms with E-state index in [1.54, 1.807) is 37.4 Å². The van der Waals surface area contributed by atoms with Gasteiger partial charge in [0.15, 0.2) is 11.5 Å². The number of phenols is 1. The zero-order valence-electron chi connectivity index (χ0n) is 18.9. The van der Waals surface area contributed by atoms with Gasteiger partial charge in [-0.15, -0.1) is 0 Å². The van der Waals surface area contributed by atoms with Crippen LogP contribution in [0.1, 0.15) is 22.7 Å². The summed E-state index contributed by atoms with van der Waals surface area (Å²) in [5, 5.41) is 21.2. The van der Waals surface area contributed by atoms with Crippen molar-refractivity contribution in [2.45, 2.75) is 13.0 Å². The minimum atomic E-state index is -0.827. The van der Waals surface area contributed by atoms with Crippen LogP contribution in [-0.4, -0.2) is 73.1 Å². The van der Waals surface area contributed by atoms with Crippen molar-refractivity contribution in [3.8, 4) is 17.2 Å². The summed E-state index contributed by atoms with van der Waals surface area (Å²) < 4.78 is 10.5. The van der Waals surface area contributed by atoms with Crippen LogP contribution in [0.2, 0.25) is 0 Å². The average molecular weight is 440 g/mol. The number of ketones is 1. The van der Waals surface area contributed by atoms with Crippen molar-refractivity contribution in [1.82, 2.24) is 9.80 Å². The van der Waals surface area contributed by atoms with E-state index in [1.165, 1.54) is 18.1 Å². The molecule has 0 bridgehead atoms. The van der Waals surface area contributed by atoms with E-state index in [0.717, 1.165) is 5.56 Å². The van der Waals surface area contributed by atoms with Crippen LogP contribution < -0.4 is 9.47 Å². The van der Waals surface area contributed by atoms with Gasteiger partial charge in [-0.05, 0) is 62.5 Å². The number of rotatable bonds is 7. The first-order chi connectivity index (χ1) is 15.2. The summed E-state index contributed by atoms with van der Waals surface area (Å²) in [5.41, 5.74) is 1.72. The SMILES string of the molecule is COc1ccc(C(O)=C2C(=O)C(=O)N(CCN(C)C)[C@H]2c2ccc(O)c(OC)c2)cc1C. The van der Waals surface area contributed by atoms with Crippen LogP contribution in [0, 0.1) is 6.92 Å². The minimum Gasteiger partial charge on any atom is -0.507 e. The van der Waals surface area contributed by atoms with E-state index < -0.39 is 17.7 Å². The molecule has 0 radical (unpaired) electrons. The molecular weight excluding hydrogens is 412 g/mol. The highest BCUT2D eigenvalue weighted by atomic mass is 16.5. The van der Waals surface area contributed by atoms with Crippen molar-refractivity contribution in [2.24, 2.45) is 0 Å². The first-order valence-electron chi connectivity index (χ1n) is 10.1. The molecule has 170 valence electrons. The first-order valence-corrected chi connectivity index (χ1v) is 10.1. The van der Waals surface area contributed by atoms with E-state index in [2.05, 4.69) is 0 Å². The Bertz CT molecular complexity index is 1080. The number of aryl methyl sites for hydroxylation is 1. The molecule has 0 aromatic heterocycles. The fraction of sp³-hybridized carbons (Fsp3) is 0.333. The van der Waals surface area contributed by atoms with E-state index in [0.29, 0.717) is 23.4 Å². The number of aliphatic hydroxyl groups is 1. The number of phenolic OH excluding ortho intramolecular Hbond substituents is 1. The van der Waals surface area contributed by atoms with Crippen LogP contribution in [0.5, 0.6) is 17.2 Å². The van der Waals surface area contributed by atoms with Gasteiger partial charge in [0.05, 0.1) is 25.8 Å². The predicted octanol–water partition coefficient (Wildman–Crippen LogP) is 2.70. The largest absolute Gasteiger partial charge is 0.507 e. The van der Waals surface area contributed by atoms with E-state index in [-0.39, 0.29) is 29.4 Å². The number of hydrogen-bond donors (Lipinski definition) is 2. The van der Waals surface area contributed by atoms with Crippen LogP contribution >= 0.6 is 0 Å². The second-order valence-corrected chi connectivity index (χ2v) is 7.91. The molecule has 0 saturated carbocycles. The van der Waals surface area contributed by atoms with Crippen molar-refractivity contribution in [2.75, 3.05) is 41.4 Å². The Kier molecular flexibility index (Phi) is 6.74. The lowest BCUT2D eigenvalue weighted by molar-refractivity contribution is -0.140. The average Bonchev–Trinajstić information content (AvgIpc) is 3.02. The molecule has 8 heteroatoms. The maximum Gasteiger partial charge on any atom is 0.295 e. The molecule has 3 rings (SSSR count). The Morgan fingerprint density at radius 2 is 1.75 bits per heavy atom. The number of benzene rings is 2. The summed E-state index contributed by atoms with van der Waals surface area (Å²) >= 11 is 0. The number of aromatic hydroxyl groups is 1. The lowest BCUT2D eigenvalue weighted by Crippen LogP contribution is -2.35. The molecule has 0 aliphatic carbocycles. The van der Waals surface area contributed by atoms with Gasteiger partial charge >= 0.3 is 0 Å². The van der Waals surface area contributed by atoms with E-state index >= 15 is 0 Å². The van der Waals surface area contributed by atoms with E-state index in [1.807, 2.05) is 25.9 Å². The normalized spacial score (nSPS) is 17.8. The van der Waals surface area contributed by atoms with Gasteiger partial charge in [0.2, 0.25) is 0 Å². The lowest BCUT2D eigenvalue weighted by atomic mass is 9.94. The van der Waals surface area contributed by atoms with E-state index in [4.69, 9.17) is 9.47 Å². The summed E-state index contributed by atoms with van der Waals surface area (Å²) in [6.45, 7) is 2.64. The van der Waals surface area contributed by atoms with Gasteiger partial charge in [0, 0.05) is 18.7 Å².